The van der Waals surface area contributed by atoms with Crippen molar-refractivity contribution in [2.24, 2.45) is 0 Å². The average Bonchev–Trinajstić information content (AvgIpc) is 3.12. The molecular formula is C29H34FO7P. The summed E-state index contributed by atoms with van der Waals surface area (Å²) in [5, 5.41) is 0. The van der Waals surface area contributed by atoms with Crippen molar-refractivity contribution in [1.29, 1.82) is 0 Å². The highest BCUT2D eigenvalue weighted by Crippen LogP contribution is 2.49. The third kappa shape index (κ3) is 7.81. The van der Waals surface area contributed by atoms with Crippen LogP contribution in [0, 0.1) is 5.82 Å². The van der Waals surface area contributed by atoms with Gasteiger partial charge in [-0.15, -0.1) is 0 Å². The molecule has 1 aliphatic rings. The van der Waals surface area contributed by atoms with Gasteiger partial charge in [-0.3, -0.25) is 23.2 Å². The molecule has 0 bridgehead atoms. The molecule has 0 unspecified atom stereocenters. The number of carbonyl (C=O) groups is 2. The van der Waals surface area contributed by atoms with E-state index in [1.165, 1.54) is 19.1 Å². The van der Waals surface area contributed by atoms with Crippen LogP contribution in [0.3, 0.4) is 0 Å². The molecular weight excluding hydrogens is 510 g/mol. The van der Waals surface area contributed by atoms with E-state index in [4.69, 9.17) is 18.3 Å². The van der Waals surface area contributed by atoms with E-state index in [0.29, 0.717) is 29.5 Å². The Morgan fingerprint density at radius 2 is 1.58 bits per heavy atom. The summed E-state index contributed by atoms with van der Waals surface area (Å²) < 4.78 is 47.2. The molecule has 204 valence electrons. The molecule has 0 fully saturated rings. The molecule has 0 spiro atoms. The summed E-state index contributed by atoms with van der Waals surface area (Å²) in [5.74, 6) is -0.811. The van der Waals surface area contributed by atoms with Gasteiger partial charge < -0.3 is 4.74 Å². The van der Waals surface area contributed by atoms with Gasteiger partial charge in [0.1, 0.15) is 5.82 Å². The SMILES string of the molecule is CCOP(=O)(OCC)OCCCCOC(=O)CC1=C(C)/C(=C/c2ccc(C(C)=O)cc2)c2ccc(F)cc21. The highest BCUT2D eigenvalue weighted by atomic mass is 31.2. The first-order valence-electron chi connectivity index (χ1n) is 12.7. The van der Waals surface area contributed by atoms with E-state index in [1.54, 1.807) is 32.0 Å². The van der Waals surface area contributed by atoms with Crippen molar-refractivity contribution in [2.75, 3.05) is 26.4 Å². The quantitative estimate of drug-likeness (QED) is 0.107. The minimum Gasteiger partial charge on any atom is -0.465 e. The van der Waals surface area contributed by atoms with Gasteiger partial charge in [-0.2, -0.15) is 0 Å². The van der Waals surface area contributed by atoms with Crippen LogP contribution in [0.5, 0.6) is 0 Å². The predicted molar refractivity (Wildman–Crippen MR) is 145 cm³/mol. The second-order valence-corrected chi connectivity index (χ2v) is 10.4. The van der Waals surface area contributed by atoms with Crippen LogP contribution < -0.4 is 0 Å². The van der Waals surface area contributed by atoms with Crippen molar-refractivity contribution in [1.82, 2.24) is 0 Å². The highest BCUT2D eigenvalue weighted by molar-refractivity contribution is 7.48. The first-order valence-corrected chi connectivity index (χ1v) is 14.2. The lowest BCUT2D eigenvalue weighted by atomic mass is 10.00. The Kier molecular flexibility index (Phi) is 10.7. The molecule has 7 nitrogen and oxygen atoms in total. The first kappa shape index (κ1) is 29.7. The number of benzene rings is 2. The predicted octanol–water partition coefficient (Wildman–Crippen LogP) is 7.27. The second kappa shape index (κ2) is 13.8. The molecule has 9 heteroatoms. The molecule has 3 rings (SSSR count). The molecule has 0 aromatic heterocycles. The summed E-state index contributed by atoms with van der Waals surface area (Å²) in [6, 6.07) is 11.8. The molecule has 2 aromatic carbocycles. The number of hydrogen-bond acceptors (Lipinski definition) is 7. The standard InChI is InChI=1S/C29H34FO7P/c1-5-35-38(33,36-6-2)37-16-8-7-15-34-29(32)19-27-20(3)26(25-14-13-24(30)18-28(25)27)17-22-9-11-23(12-10-22)21(4)31/h9-14,17-18H,5-8,15-16,19H2,1-4H3/b26-17-. The van der Waals surface area contributed by atoms with Gasteiger partial charge in [-0.1, -0.05) is 30.3 Å². The van der Waals surface area contributed by atoms with E-state index >= 15 is 0 Å². The number of ketones is 1. The Hall–Kier alpha value is -2.90. The molecule has 0 atom stereocenters. The van der Waals surface area contributed by atoms with Crippen LogP contribution in [-0.4, -0.2) is 38.2 Å². The lowest BCUT2D eigenvalue weighted by molar-refractivity contribution is -0.142. The zero-order valence-electron chi connectivity index (χ0n) is 22.3. The topological polar surface area (TPSA) is 88.1 Å². The van der Waals surface area contributed by atoms with Crippen molar-refractivity contribution < 1.29 is 36.9 Å². The van der Waals surface area contributed by atoms with Crippen LogP contribution in [0.2, 0.25) is 0 Å². The van der Waals surface area contributed by atoms with Crippen molar-refractivity contribution in [3.8, 4) is 0 Å². The number of halogens is 1. The van der Waals surface area contributed by atoms with Crippen LogP contribution in [0.15, 0.2) is 48.0 Å². The monoisotopic (exact) mass is 544 g/mol. The number of unbranched alkanes of at least 4 members (excludes halogenated alkanes) is 1. The summed E-state index contributed by atoms with van der Waals surface area (Å²) in [4.78, 5) is 24.2. The number of fused-ring (bicyclic) bond motifs is 1. The molecule has 0 aliphatic heterocycles. The fourth-order valence-corrected chi connectivity index (χ4v) is 5.36. The first-order chi connectivity index (χ1) is 18.2. The van der Waals surface area contributed by atoms with Crippen molar-refractivity contribution in [2.45, 2.75) is 47.0 Å². The van der Waals surface area contributed by atoms with E-state index in [1.807, 2.05) is 25.1 Å². The number of Topliss-reactive ketones (excluding diaryl/α,β-unsaturated/α-hetero) is 1. The van der Waals surface area contributed by atoms with Gasteiger partial charge in [0.05, 0.1) is 32.8 Å². The second-order valence-electron chi connectivity index (χ2n) is 8.75. The Morgan fingerprint density at radius 1 is 0.921 bits per heavy atom. The third-order valence-electron chi connectivity index (χ3n) is 6.03. The maximum absolute atomic E-state index is 14.1. The molecule has 0 radical (unpaired) electrons. The highest BCUT2D eigenvalue weighted by Gasteiger charge is 2.27. The third-order valence-corrected chi connectivity index (χ3v) is 7.68. The van der Waals surface area contributed by atoms with Crippen molar-refractivity contribution in [3.63, 3.8) is 0 Å². The number of phosphoric ester groups is 1. The number of phosphoric acid groups is 1. The molecule has 0 heterocycles. The van der Waals surface area contributed by atoms with Gasteiger partial charge in [0, 0.05) is 5.56 Å². The Bertz CT molecular complexity index is 1250. The maximum atomic E-state index is 14.1. The number of rotatable bonds is 14. The largest absolute Gasteiger partial charge is 0.474 e. The van der Waals surface area contributed by atoms with Gasteiger partial charge in [0.15, 0.2) is 5.78 Å². The van der Waals surface area contributed by atoms with Crippen LogP contribution in [0.25, 0.3) is 17.2 Å². The van der Waals surface area contributed by atoms with Gasteiger partial charge >= 0.3 is 13.8 Å². The van der Waals surface area contributed by atoms with Crippen molar-refractivity contribution in [3.05, 3.63) is 76.1 Å². The summed E-state index contributed by atoms with van der Waals surface area (Å²) in [6.45, 7) is 7.56. The van der Waals surface area contributed by atoms with Crippen LogP contribution in [0.1, 0.15) is 74.0 Å². The van der Waals surface area contributed by atoms with Gasteiger partial charge in [-0.05, 0) is 92.2 Å². The summed E-state index contributed by atoms with van der Waals surface area (Å²) >= 11 is 0. The van der Waals surface area contributed by atoms with Crippen LogP contribution in [-0.2, 0) is 27.7 Å². The van der Waals surface area contributed by atoms with Crippen molar-refractivity contribution >= 4 is 36.8 Å². The number of esters is 1. The summed E-state index contributed by atoms with van der Waals surface area (Å²) in [7, 11) is -3.55. The minimum absolute atomic E-state index is 0.00326. The fourth-order valence-electron chi connectivity index (χ4n) is 4.15. The molecule has 0 amide bonds. The smallest absolute Gasteiger partial charge is 0.465 e. The number of ether oxygens (including phenoxy) is 1. The van der Waals surface area contributed by atoms with E-state index in [2.05, 4.69) is 0 Å². The lowest BCUT2D eigenvalue weighted by Gasteiger charge is -2.16. The average molecular weight is 545 g/mol. The van der Waals surface area contributed by atoms with Gasteiger partial charge in [0.25, 0.3) is 0 Å². The zero-order valence-corrected chi connectivity index (χ0v) is 23.1. The zero-order chi connectivity index (χ0) is 27.7. The molecule has 1 aliphatic carbocycles. The molecule has 0 N–H and O–H groups in total. The van der Waals surface area contributed by atoms with Crippen LogP contribution in [0.4, 0.5) is 4.39 Å². The fraction of sp³-hybridized carbons (Fsp3) is 0.379. The molecule has 2 aromatic rings. The number of carbonyl (C=O) groups excluding carboxylic acids is 2. The normalized spacial score (nSPS) is 14.2. The lowest BCUT2D eigenvalue weighted by Crippen LogP contribution is -2.08. The molecule has 0 saturated heterocycles. The summed E-state index contributed by atoms with van der Waals surface area (Å²) in [5.41, 5.74) is 5.51. The summed E-state index contributed by atoms with van der Waals surface area (Å²) in [6.07, 6.45) is 2.98. The van der Waals surface area contributed by atoms with E-state index < -0.39 is 13.8 Å². The molecule has 38 heavy (non-hydrogen) atoms. The van der Waals surface area contributed by atoms with Gasteiger partial charge in [0.2, 0.25) is 0 Å². The van der Waals surface area contributed by atoms with E-state index in [9.17, 15) is 18.5 Å². The Labute approximate surface area is 223 Å². The van der Waals surface area contributed by atoms with E-state index in [0.717, 1.165) is 22.3 Å². The van der Waals surface area contributed by atoms with Gasteiger partial charge in [-0.25, -0.2) is 8.96 Å². The van der Waals surface area contributed by atoms with E-state index in [-0.39, 0.29) is 44.4 Å². The van der Waals surface area contributed by atoms with Crippen LogP contribution >= 0.6 is 7.82 Å². The maximum Gasteiger partial charge on any atom is 0.474 e. The minimum atomic E-state index is -3.55. The molecule has 0 saturated carbocycles. The number of hydrogen-bond donors (Lipinski definition) is 0. The number of allylic oxidation sites excluding steroid dienone is 2. The Morgan fingerprint density at radius 3 is 2.21 bits per heavy atom. The Balaban J connectivity index is 1.63.